The van der Waals surface area contributed by atoms with E-state index < -0.39 is 5.56 Å². The average Bonchev–Trinajstić information content (AvgIpc) is 3.01. The van der Waals surface area contributed by atoms with Crippen molar-refractivity contribution in [3.05, 3.63) is 45.9 Å². The Morgan fingerprint density at radius 1 is 1.25 bits per heavy atom. The first-order valence-corrected chi connectivity index (χ1v) is 7.84. The van der Waals surface area contributed by atoms with Crippen LogP contribution in [0.5, 0.6) is 5.75 Å². The van der Waals surface area contributed by atoms with Gasteiger partial charge in [0.15, 0.2) is 0 Å². The maximum atomic E-state index is 12.3. The largest absolute Gasteiger partial charge is 0.497 e. The van der Waals surface area contributed by atoms with Crippen LogP contribution >= 0.6 is 0 Å². The van der Waals surface area contributed by atoms with Gasteiger partial charge in [-0.3, -0.25) is 9.59 Å². The van der Waals surface area contributed by atoms with Crippen LogP contribution in [0.2, 0.25) is 0 Å². The highest BCUT2D eigenvalue weighted by Gasteiger charge is 2.24. The van der Waals surface area contributed by atoms with Gasteiger partial charge in [-0.2, -0.15) is 10.3 Å². The number of nitrogens with zero attached hydrogens (tertiary/aromatic N) is 4. The lowest BCUT2D eigenvalue weighted by atomic mass is 10.1. The summed E-state index contributed by atoms with van der Waals surface area (Å²) in [6.07, 6.45) is 4.54. The van der Waals surface area contributed by atoms with Gasteiger partial charge < -0.3 is 9.64 Å². The molecule has 2 heterocycles. The number of aromatic nitrogens is 3. The minimum absolute atomic E-state index is 0.121. The van der Waals surface area contributed by atoms with E-state index in [1.54, 1.807) is 24.1 Å². The van der Waals surface area contributed by atoms with Crippen LogP contribution in [-0.4, -0.2) is 52.3 Å². The van der Waals surface area contributed by atoms with Gasteiger partial charge in [0.2, 0.25) is 5.69 Å². The first-order valence-electron chi connectivity index (χ1n) is 7.84. The average molecular weight is 329 g/mol. The van der Waals surface area contributed by atoms with Crippen LogP contribution < -0.4 is 10.3 Å². The molecular weight excluding hydrogens is 310 g/mol. The van der Waals surface area contributed by atoms with E-state index >= 15 is 0 Å². The minimum atomic E-state index is -0.546. The third-order valence-electron chi connectivity index (χ3n) is 3.94. The molecule has 0 spiro atoms. The second kappa shape index (κ2) is 7.12. The van der Waals surface area contributed by atoms with E-state index in [1.165, 1.54) is 6.21 Å². The number of methoxy groups -OCH3 is 1. The van der Waals surface area contributed by atoms with Crippen molar-refractivity contribution < 1.29 is 9.53 Å². The Labute approximate surface area is 138 Å². The fourth-order valence-electron chi connectivity index (χ4n) is 2.57. The Morgan fingerprint density at radius 3 is 2.62 bits per heavy atom. The van der Waals surface area contributed by atoms with Gasteiger partial charge in [0, 0.05) is 13.1 Å². The van der Waals surface area contributed by atoms with Crippen molar-refractivity contribution in [1.29, 1.82) is 0 Å². The molecule has 8 heteroatoms. The van der Waals surface area contributed by atoms with Gasteiger partial charge in [0.25, 0.3) is 5.91 Å². The van der Waals surface area contributed by atoms with E-state index in [2.05, 4.69) is 15.4 Å². The highest BCUT2D eigenvalue weighted by molar-refractivity contribution is 5.92. The van der Waals surface area contributed by atoms with E-state index in [0.717, 1.165) is 35.4 Å². The van der Waals surface area contributed by atoms with Gasteiger partial charge >= 0.3 is 5.56 Å². The second-order valence-corrected chi connectivity index (χ2v) is 5.55. The Bertz CT molecular complexity index is 785. The number of hydrogen-bond acceptors (Lipinski definition) is 5. The molecule has 1 aromatic carbocycles. The number of hydrogen-bond donors (Lipinski definition) is 1. The maximum absolute atomic E-state index is 12.3. The second-order valence-electron chi connectivity index (χ2n) is 5.55. The number of amides is 1. The van der Waals surface area contributed by atoms with Crippen molar-refractivity contribution in [2.75, 3.05) is 20.2 Å². The van der Waals surface area contributed by atoms with Crippen molar-refractivity contribution in [2.24, 2.45) is 5.10 Å². The Hall–Kier alpha value is -2.90. The van der Waals surface area contributed by atoms with Crippen molar-refractivity contribution in [1.82, 2.24) is 20.0 Å². The van der Waals surface area contributed by atoms with Crippen LogP contribution in [-0.2, 0) is 0 Å². The monoisotopic (exact) mass is 329 g/mol. The van der Waals surface area contributed by atoms with E-state index in [0.29, 0.717) is 13.1 Å². The number of likely N-dealkylation sites (tertiary alicyclic amines) is 1. The number of rotatable bonds is 4. The van der Waals surface area contributed by atoms with Crippen LogP contribution in [0.1, 0.15) is 35.3 Å². The van der Waals surface area contributed by atoms with Gasteiger partial charge in [-0.15, -0.1) is 9.89 Å². The Morgan fingerprint density at radius 2 is 1.96 bits per heavy atom. The molecule has 0 atom stereocenters. The highest BCUT2D eigenvalue weighted by atomic mass is 16.5. The van der Waals surface area contributed by atoms with Gasteiger partial charge in [0.05, 0.1) is 13.3 Å². The van der Waals surface area contributed by atoms with E-state index in [1.807, 2.05) is 12.1 Å². The SMILES string of the molecule is COc1ccc(C=Nn2[nH]nc(C(=O)N3CCCCC3)c2=O)cc1. The lowest BCUT2D eigenvalue weighted by Gasteiger charge is -2.25. The summed E-state index contributed by atoms with van der Waals surface area (Å²) in [5, 5.41) is 10.3. The predicted octanol–water partition coefficient (Wildman–Crippen LogP) is 1.09. The molecule has 1 N–H and O–H groups in total. The predicted molar refractivity (Wildman–Crippen MR) is 88.6 cm³/mol. The molecule has 1 saturated heterocycles. The third kappa shape index (κ3) is 3.37. The third-order valence-corrected chi connectivity index (χ3v) is 3.94. The quantitative estimate of drug-likeness (QED) is 0.850. The van der Waals surface area contributed by atoms with Crippen molar-refractivity contribution in [3.63, 3.8) is 0 Å². The molecular formula is C16H19N5O3. The normalized spacial score (nSPS) is 15.0. The number of benzene rings is 1. The lowest BCUT2D eigenvalue weighted by molar-refractivity contribution is 0.0717. The summed E-state index contributed by atoms with van der Waals surface area (Å²) in [5.41, 5.74) is 0.125. The molecule has 0 saturated carbocycles. The van der Waals surface area contributed by atoms with Gasteiger partial charge in [-0.1, -0.05) is 0 Å². The molecule has 1 aliphatic rings. The number of H-pyrrole nitrogens is 1. The van der Waals surface area contributed by atoms with Crippen LogP contribution in [0, 0.1) is 0 Å². The highest BCUT2D eigenvalue weighted by Crippen LogP contribution is 2.11. The minimum Gasteiger partial charge on any atom is -0.497 e. The molecule has 1 fully saturated rings. The summed E-state index contributed by atoms with van der Waals surface area (Å²) in [6, 6.07) is 7.21. The van der Waals surface area contributed by atoms with Crippen molar-refractivity contribution >= 4 is 12.1 Å². The van der Waals surface area contributed by atoms with Crippen LogP contribution in [0.15, 0.2) is 34.2 Å². The molecule has 0 radical (unpaired) electrons. The summed E-state index contributed by atoms with van der Waals surface area (Å²) >= 11 is 0. The zero-order valence-electron chi connectivity index (χ0n) is 13.4. The summed E-state index contributed by atoms with van der Waals surface area (Å²) in [7, 11) is 1.59. The number of carbonyl (C=O) groups excluding carboxylic acids is 1. The van der Waals surface area contributed by atoms with E-state index in [4.69, 9.17) is 4.74 Å². The molecule has 2 aromatic rings. The topological polar surface area (TPSA) is 92.6 Å². The molecule has 1 aromatic heterocycles. The Balaban J connectivity index is 1.75. The molecule has 0 unspecified atom stereocenters. The molecule has 0 aliphatic carbocycles. The number of aromatic amines is 1. The molecule has 24 heavy (non-hydrogen) atoms. The molecule has 8 nitrogen and oxygen atoms in total. The molecule has 3 rings (SSSR count). The van der Waals surface area contributed by atoms with Crippen LogP contribution in [0.25, 0.3) is 0 Å². The van der Waals surface area contributed by atoms with Gasteiger partial charge in [-0.05, 0) is 49.1 Å². The number of piperidine rings is 1. The molecule has 1 amide bonds. The zero-order chi connectivity index (χ0) is 16.9. The first kappa shape index (κ1) is 16.0. The number of nitrogens with one attached hydrogen (secondary N) is 1. The lowest BCUT2D eigenvalue weighted by Crippen LogP contribution is -2.38. The molecule has 0 bridgehead atoms. The molecule has 1 aliphatic heterocycles. The van der Waals surface area contributed by atoms with Crippen molar-refractivity contribution in [3.8, 4) is 5.75 Å². The number of carbonyl (C=O) groups is 1. The summed E-state index contributed by atoms with van der Waals surface area (Å²) in [4.78, 5) is 27.2. The number of ether oxygens (including phenoxy) is 1. The standard InChI is InChI=1S/C16H19N5O3/c1-24-13-7-5-12(6-8-13)11-17-21-16(23)14(18-19-21)15(22)20-9-3-2-4-10-20/h5-8,11,19H,2-4,9-10H2,1H3. The fourth-order valence-corrected chi connectivity index (χ4v) is 2.57. The van der Waals surface area contributed by atoms with Crippen LogP contribution in [0.4, 0.5) is 0 Å². The smallest absolute Gasteiger partial charge is 0.320 e. The maximum Gasteiger partial charge on any atom is 0.320 e. The van der Waals surface area contributed by atoms with Gasteiger partial charge in [0.1, 0.15) is 5.75 Å². The summed E-state index contributed by atoms with van der Waals surface area (Å²) in [5.74, 6) is 0.398. The van der Waals surface area contributed by atoms with E-state index in [-0.39, 0.29) is 11.6 Å². The summed E-state index contributed by atoms with van der Waals surface area (Å²) < 4.78 is 5.08. The zero-order valence-corrected chi connectivity index (χ0v) is 13.4. The van der Waals surface area contributed by atoms with Crippen molar-refractivity contribution in [2.45, 2.75) is 19.3 Å². The van der Waals surface area contributed by atoms with E-state index in [9.17, 15) is 9.59 Å². The molecule has 126 valence electrons. The fraction of sp³-hybridized carbons (Fsp3) is 0.375. The first-order chi connectivity index (χ1) is 11.7. The van der Waals surface area contributed by atoms with Crippen LogP contribution in [0.3, 0.4) is 0 Å². The van der Waals surface area contributed by atoms with Gasteiger partial charge in [-0.25, -0.2) is 0 Å². The Kier molecular flexibility index (Phi) is 4.74. The summed E-state index contributed by atoms with van der Waals surface area (Å²) in [6.45, 7) is 1.33.